The van der Waals surface area contributed by atoms with Crippen LogP contribution < -0.4 is 0 Å². The van der Waals surface area contributed by atoms with Crippen molar-refractivity contribution in [1.29, 1.82) is 0 Å². The molecule has 0 N–H and O–H groups in total. The van der Waals surface area contributed by atoms with Crippen molar-refractivity contribution in [3.05, 3.63) is 23.3 Å². The summed E-state index contributed by atoms with van der Waals surface area (Å²) in [5.74, 6) is 0. The van der Waals surface area contributed by atoms with Gasteiger partial charge in [0.05, 0.1) is 0 Å². The molecule has 0 aliphatic rings. The largest absolute Gasteiger partial charge is 0.323 e. The van der Waals surface area contributed by atoms with Gasteiger partial charge in [0.1, 0.15) is 0 Å². The van der Waals surface area contributed by atoms with Crippen molar-refractivity contribution >= 4 is 31.1 Å². The second-order valence-electron chi connectivity index (χ2n) is 6.62. The maximum Gasteiger partial charge on any atom is 0.323 e. The van der Waals surface area contributed by atoms with Crippen LogP contribution in [0.25, 0.3) is 10.2 Å². The monoisotopic (exact) mass is 266 g/mol. The molecule has 0 aliphatic heterocycles. The molecule has 0 saturated heterocycles. The summed E-state index contributed by atoms with van der Waals surface area (Å²) in [6, 6.07) is 4.65. The summed E-state index contributed by atoms with van der Waals surface area (Å²) in [5.41, 5.74) is 4.33. The lowest BCUT2D eigenvalue weighted by molar-refractivity contribution is 0.572. The molecule has 0 bridgehead atoms. The molecule has 1 aromatic carbocycles. The van der Waals surface area contributed by atoms with Gasteiger partial charge in [-0.1, -0.05) is 47.6 Å². The maximum atomic E-state index is 4.57. The van der Waals surface area contributed by atoms with Crippen LogP contribution in [0.3, 0.4) is 0 Å². The lowest BCUT2D eigenvalue weighted by atomic mass is 9.80. The third-order valence-electron chi connectivity index (χ3n) is 3.00. The molecule has 0 radical (unpaired) electrons. The fourth-order valence-corrected chi connectivity index (χ4v) is 3.68. The molecule has 2 rings (SSSR count). The Balaban J connectivity index is 2.76. The van der Waals surface area contributed by atoms with Gasteiger partial charge in [0.15, 0.2) is 5.52 Å². The van der Waals surface area contributed by atoms with Crippen molar-refractivity contribution in [1.82, 2.24) is 4.37 Å². The maximum absolute atomic E-state index is 4.57. The summed E-state index contributed by atoms with van der Waals surface area (Å²) in [5, 5.41) is 0. The van der Waals surface area contributed by atoms with Crippen molar-refractivity contribution in [2.24, 2.45) is 0 Å². The van der Waals surface area contributed by atoms with E-state index in [0.29, 0.717) is 0 Å². The molecule has 2 aromatic rings. The molecule has 0 saturated carbocycles. The zero-order chi connectivity index (χ0) is 12.8. The highest BCUT2D eigenvalue weighted by molar-refractivity contribution is 7.69. The number of hydrogen-bond donors (Lipinski definition) is 0. The topological polar surface area (TPSA) is 12.9 Å². The predicted molar refractivity (Wildman–Crippen MR) is 79.3 cm³/mol. The minimum absolute atomic E-state index is 0.153. The van der Waals surface area contributed by atoms with Gasteiger partial charge in [0.2, 0.25) is 0 Å². The predicted octanol–water partition coefficient (Wildman–Crippen LogP) is 5.23. The van der Waals surface area contributed by atoms with Crippen LogP contribution in [-0.4, -0.2) is 4.37 Å². The van der Waals surface area contributed by atoms with Crippen LogP contribution in [0, 0.1) is 0 Å². The first-order valence-electron chi connectivity index (χ1n) is 5.93. The third-order valence-corrected chi connectivity index (χ3v) is 4.81. The van der Waals surface area contributed by atoms with Crippen LogP contribution in [0.4, 0.5) is 0 Å². The zero-order valence-electron chi connectivity index (χ0n) is 11.4. The van der Waals surface area contributed by atoms with Gasteiger partial charge in [-0.25, -0.2) is 0 Å². The van der Waals surface area contributed by atoms with Crippen LogP contribution >= 0.6 is 20.9 Å². The van der Waals surface area contributed by atoms with Crippen LogP contribution in [0.5, 0.6) is 0 Å². The third kappa shape index (κ3) is 2.50. The molecule has 92 valence electrons. The highest BCUT2D eigenvalue weighted by atomic mass is 32.9. The van der Waals surface area contributed by atoms with Crippen molar-refractivity contribution in [3.63, 3.8) is 0 Å². The number of hydrogen-bond acceptors (Lipinski definition) is 2. The number of aromatic nitrogens is 1. The van der Waals surface area contributed by atoms with E-state index in [2.05, 4.69) is 58.0 Å². The molecule has 1 nitrogen and oxygen atoms in total. The number of fused-ring (bicyclic) bond motifs is 1. The normalized spacial score (nSPS) is 13.3. The first kappa shape index (κ1) is 12.9. The van der Waals surface area contributed by atoms with Gasteiger partial charge in [0.25, 0.3) is 15.2 Å². The molecular formula is C14H20NS2+. The Bertz CT molecular complexity index is 541. The van der Waals surface area contributed by atoms with Gasteiger partial charge in [-0.05, 0) is 22.0 Å². The van der Waals surface area contributed by atoms with Gasteiger partial charge in [-0.15, -0.1) is 4.37 Å². The Labute approximate surface area is 111 Å². The van der Waals surface area contributed by atoms with Gasteiger partial charge in [-0.2, -0.15) is 0 Å². The van der Waals surface area contributed by atoms with Gasteiger partial charge in [-0.3, -0.25) is 0 Å². The Morgan fingerprint density at radius 3 is 2.18 bits per heavy atom. The average molecular weight is 266 g/mol. The summed E-state index contributed by atoms with van der Waals surface area (Å²) >= 11 is 0. The first-order valence-corrected chi connectivity index (χ1v) is 8.04. The highest BCUT2D eigenvalue weighted by Crippen LogP contribution is 2.36. The molecule has 0 fully saturated rings. The van der Waals surface area contributed by atoms with Crippen molar-refractivity contribution in [2.75, 3.05) is 0 Å². The van der Waals surface area contributed by atoms with E-state index in [1.165, 1.54) is 21.3 Å². The second kappa shape index (κ2) is 3.99. The molecule has 1 aromatic heterocycles. The lowest BCUT2D eigenvalue weighted by Crippen LogP contribution is -2.16. The van der Waals surface area contributed by atoms with E-state index in [1.807, 2.05) is 0 Å². The first-order chi connectivity index (χ1) is 7.69. The fraction of sp³-hybridized carbons (Fsp3) is 0.571. The quantitative estimate of drug-likeness (QED) is 0.470. The van der Waals surface area contributed by atoms with E-state index < -0.39 is 0 Å². The van der Waals surface area contributed by atoms with Gasteiger partial charge >= 0.3 is 10.3 Å². The summed E-state index contributed by atoms with van der Waals surface area (Å²) in [6.45, 7) is 13.6. The standard InChI is InChI=1S/C14H20NS2/c1-13(2,3)9-7-10(14(4,5)6)12-11(8-9)16-17-15-12/h7-8H,1-6H3/q+1. The van der Waals surface area contributed by atoms with Crippen LogP contribution in [0.2, 0.25) is 0 Å². The minimum Gasteiger partial charge on any atom is -0.134 e. The Kier molecular flexibility index (Phi) is 3.03. The van der Waals surface area contributed by atoms with E-state index in [0.717, 1.165) is 0 Å². The summed E-state index contributed by atoms with van der Waals surface area (Å²) in [6.07, 6.45) is 0. The van der Waals surface area contributed by atoms with Crippen LogP contribution in [0.1, 0.15) is 52.7 Å². The molecular weight excluding hydrogens is 246 g/mol. The Morgan fingerprint density at radius 2 is 1.65 bits per heavy atom. The molecule has 0 amide bonds. The Morgan fingerprint density at radius 1 is 1.00 bits per heavy atom. The van der Waals surface area contributed by atoms with Crippen molar-refractivity contribution < 1.29 is 0 Å². The smallest absolute Gasteiger partial charge is 0.134 e. The molecule has 1 heterocycles. The summed E-state index contributed by atoms with van der Waals surface area (Å²) in [4.78, 5) is 0. The average Bonchev–Trinajstić information content (AvgIpc) is 2.59. The van der Waals surface area contributed by atoms with Gasteiger partial charge in [0, 0.05) is 6.07 Å². The molecule has 0 aliphatic carbocycles. The van der Waals surface area contributed by atoms with Crippen molar-refractivity contribution in [2.45, 2.75) is 52.4 Å². The summed E-state index contributed by atoms with van der Waals surface area (Å²) in [7, 11) is 3.37. The van der Waals surface area contributed by atoms with Crippen LogP contribution in [-0.2, 0) is 10.8 Å². The minimum atomic E-state index is 0.153. The number of benzene rings is 1. The highest BCUT2D eigenvalue weighted by Gasteiger charge is 2.26. The zero-order valence-corrected chi connectivity index (χ0v) is 13.1. The molecule has 0 atom stereocenters. The van der Waals surface area contributed by atoms with E-state index in [4.69, 9.17) is 0 Å². The number of rotatable bonds is 0. The SMILES string of the molecule is CC(C)(C)c1cc(C(C)(C)C)c2ns[s+]c2c1. The van der Waals surface area contributed by atoms with E-state index >= 15 is 0 Å². The molecule has 0 spiro atoms. The van der Waals surface area contributed by atoms with E-state index in [1.54, 1.807) is 20.9 Å². The molecule has 0 unspecified atom stereocenters. The van der Waals surface area contributed by atoms with Crippen molar-refractivity contribution in [3.8, 4) is 0 Å². The fourth-order valence-electron chi connectivity index (χ4n) is 1.87. The summed E-state index contributed by atoms with van der Waals surface area (Å²) < 4.78 is 5.89. The van der Waals surface area contributed by atoms with E-state index in [9.17, 15) is 0 Å². The second-order valence-corrected chi connectivity index (χ2v) is 8.51. The van der Waals surface area contributed by atoms with E-state index in [-0.39, 0.29) is 10.8 Å². The number of nitrogens with zero attached hydrogens (tertiary/aromatic N) is 1. The van der Waals surface area contributed by atoms with Gasteiger partial charge < -0.3 is 0 Å². The molecule has 17 heavy (non-hydrogen) atoms. The Hall–Kier alpha value is -0.540. The van der Waals surface area contributed by atoms with Crippen LogP contribution in [0.15, 0.2) is 12.1 Å². The molecule has 3 heteroatoms. The lowest BCUT2D eigenvalue weighted by Gasteiger charge is -2.24.